The van der Waals surface area contributed by atoms with Crippen molar-refractivity contribution in [3.63, 3.8) is 0 Å². The molecule has 4 nitrogen and oxygen atoms in total. The molecule has 0 aliphatic carbocycles. The standard InChI is InChI=1S/C16H21N3O/c1-13-18-15-7-2-3-8-16(15)19(13)10-9-17-12-14-6-4-5-11-20-14/h2-3,5,7-8,11,14,17H,4,6,9-10,12H2,1H3. The molecule has 0 saturated heterocycles. The second-order valence-electron chi connectivity index (χ2n) is 5.21. The van der Waals surface area contributed by atoms with Crippen LogP contribution in [0.4, 0.5) is 0 Å². The molecule has 0 amide bonds. The first-order chi connectivity index (χ1) is 9.84. The van der Waals surface area contributed by atoms with Gasteiger partial charge in [0, 0.05) is 19.6 Å². The molecule has 106 valence electrons. The number of benzene rings is 1. The zero-order chi connectivity index (χ0) is 13.8. The fourth-order valence-corrected chi connectivity index (χ4v) is 2.67. The zero-order valence-corrected chi connectivity index (χ0v) is 11.9. The molecule has 0 fully saturated rings. The van der Waals surface area contributed by atoms with E-state index in [1.807, 2.05) is 12.3 Å². The van der Waals surface area contributed by atoms with Crippen LogP contribution in [-0.2, 0) is 11.3 Å². The zero-order valence-electron chi connectivity index (χ0n) is 11.9. The van der Waals surface area contributed by atoms with Crippen molar-refractivity contribution in [1.82, 2.24) is 14.9 Å². The number of hydrogen-bond acceptors (Lipinski definition) is 3. The SMILES string of the molecule is Cc1nc2ccccc2n1CCNCC1CCC=CO1. The van der Waals surface area contributed by atoms with E-state index in [0.29, 0.717) is 6.10 Å². The smallest absolute Gasteiger partial charge is 0.110 e. The highest BCUT2D eigenvalue weighted by molar-refractivity contribution is 5.75. The summed E-state index contributed by atoms with van der Waals surface area (Å²) in [5.41, 5.74) is 2.29. The number of hydrogen-bond donors (Lipinski definition) is 1. The fraction of sp³-hybridized carbons (Fsp3) is 0.438. The van der Waals surface area contributed by atoms with E-state index < -0.39 is 0 Å². The first kappa shape index (κ1) is 13.2. The van der Waals surface area contributed by atoms with Crippen LogP contribution in [0.5, 0.6) is 0 Å². The Labute approximate surface area is 119 Å². The van der Waals surface area contributed by atoms with Crippen LogP contribution in [0.25, 0.3) is 11.0 Å². The predicted molar refractivity (Wildman–Crippen MR) is 80.6 cm³/mol. The van der Waals surface area contributed by atoms with Crippen LogP contribution in [-0.4, -0.2) is 28.7 Å². The quantitative estimate of drug-likeness (QED) is 0.850. The largest absolute Gasteiger partial charge is 0.497 e. The second-order valence-corrected chi connectivity index (χ2v) is 5.21. The Morgan fingerprint density at radius 2 is 2.30 bits per heavy atom. The highest BCUT2D eigenvalue weighted by Gasteiger charge is 2.10. The normalized spacial score (nSPS) is 18.4. The summed E-state index contributed by atoms with van der Waals surface area (Å²) in [5, 5.41) is 3.48. The van der Waals surface area contributed by atoms with Crippen molar-refractivity contribution in [2.75, 3.05) is 13.1 Å². The van der Waals surface area contributed by atoms with Gasteiger partial charge in [-0.1, -0.05) is 12.1 Å². The van der Waals surface area contributed by atoms with Gasteiger partial charge in [0.15, 0.2) is 0 Å². The summed E-state index contributed by atoms with van der Waals surface area (Å²) in [4.78, 5) is 4.58. The third-order valence-electron chi connectivity index (χ3n) is 3.75. The Morgan fingerprint density at radius 3 is 3.15 bits per heavy atom. The average Bonchev–Trinajstić information content (AvgIpc) is 2.80. The van der Waals surface area contributed by atoms with Gasteiger partial charge >= 0.3 is 0 Å². The maximum absolute atomic E-state index is 5.55. The Kier molecular flexibility index (Phi) is 4.02. The summed E-state index contributed by atoms with van der Waals surface area (Å²) in [7, 11) is 0. The number of nitrogens with zero attached hydrogens (tertiary/aromatic N) is 2. The van der Waals surface area contributed by atoms with Crippen LogP contribution >= 0.6 is 0 Å². The minimum Gasteiger partial charge on any atom is -0.497 e. The molecule has 1 unspecified atom stereocenters. The van der Waals surface area contributed by atoms with E-state index in [2.05, 4.69) is 46.1 Å². The Balaban J connectivity index is 1.54. The number of aromatic nitrogens is 2. The van der Waals surface area contributed by atoms with Crippen LogP contribution in [0.3, 0.4) is 0 Å². The number of aryl methyl sites for hydroxylation is 1. The first-order valence-corrected chi connectivity index (χ1v) is 7.27. The molecule has 3 rings (SSSR count). The van der Waals surface area contributed by atoms with E-state index in [1.165, 1.54) is 5.52 Å². The van der Waals surface area contributed by atoms with Crippen LogP contribution in [0.2, 0.25) is 0 Å². The van der Waals surface area contributed by atoms with Crippen molar-refractivity contribution in [2.45, 2.75) is 32.4 Å². The average molecular weight is 271 g/mol. The highest BCUT2D eigenvalue weighted by Crippen LogP contribution is 2.15. The van der Waals surface area contributed by atoms with Crippen molar-refractivity contribution >= 4 is 11.0 Å². The van der Waals surface area contributed by atoms with Gasteiger partial charge in [0.25, 0.3) is 0 Å². The van der Waals surface area contributed by atoms with E-state index in [-0.39, 0.29) is 0 Å². The molecular weight excluding hydrogens is 250 g/mol. The van der Waals surface area contributed by atoms with Crippen LogP contribution in [0.1, 0.15) is 18.7 Å². The molecule has 2 heterocycles. The Bertz CT molecular complexity index is 603. The molecule has 2 aromatic rings. The molecule has 1 N–H and O–H groups in total. The second kappa shape index (κ2) is 6.09. The monoisotopic (exact) mass is 271 g/mol. The van der Waals surface area contributed by atoms with Crippen LogP contribution < -0.4 is 5.32 Å². The third kappa shape index (κ3) is 2.85. The minimum atomic E-state index is 0.320. The van der Waals surface area contributed by atoms with E-state index in [1.54, 1.807) is 0 Å². The van der Waals surface area contributed by atoms with Crippen LogP contribution in [0.15, 0.2) is 36.6 Å². The van der Waals surface area contributed by atoms with Crippen LogP contribution in [0, 0.1) is 6.92 Å². The molecule has 1 aliphatic rings. The molecule has 1 aromatic carbocycles. The van der Waals surface area contributed by atoms with Gasteiger partial charge in [-0.05, 0) is 38.0 Å². The number of nitrogens with one attached hydrogen (secondary N) is 1. The van der Waals surface area contributed by atoms with Gasteiger partial charge in [-0.15, -0.1) is 0 Å². The van der Waals surface area contributed by atoms with Gasteiger partial charge in [-0.25, -0.2) is 4.98 Å². The lowest BCUT2D eigenvalue weighted by molar-refractivity contribution is 0.122. The lowest BCUT2D eigenvalue weighted by atomic mass is 10.1. The third-order valence-corrected chi connectivity index (χ3v) is 3.75. The van der Waals surface area contributed by atoms with Crippen molar-refractivity contribution in [3.8, 4) is 0 Å². The van der Waals surface area contributed by atoms with Gasteiger partial charge in [0.1, 0.15) is 11.9 Å². The number of rotatable bonds is 5. The summed E-state index contributed by atoms with van der Waals surface area (Å²) >= 11 is 0. The molecule has 4 heteroatoms. The van der Waals surface area contributed by atoms with Gasteiger partial charge in [0.05, 0.1) is 17.3 Å². The molecule has 1 atom stereocenters. The minimum absolute atomic E-state index is 0.320. The molecule has 20 heavy (non-hydrogen) atoms. The number of allylic oxidation sites excluding steroid dienone is 1. The fourth-order valence-electron chi connectivity index (χ4n) is 2.67. The van der Waals surface area contributed by atoms with Crippen molar-refractivity contribution < 1.29 is 4.74 Å². The first-order valence-electron chi connectivity index (χ1n) is 7.27. The Hall–Kier alpha value is -1.81. The molecule has 1 aliphatic heterocycles. The number of ether oxygens (including phenoxy) is 1. The number of para-hydroxylation sites is 2. The summed E-state index contributed by atoms with van der Waals surface area (Å²) < 4.78 is 7.81. The van der Waals surface area contributed by atoms with Gasteiger partial charge in [0.2, 0.25) is 0 Å². The van der Waals surface area contributed by atoms with E-state index in [0.717, 1.165) is 43.8 Å². The molecule has 0 bridgehead atoms. The summed E-state index contributed by atoms with van der Waals surface area (Å²) in [5.74, 6) is 1.07. The Morgan fingerprint density at radius 1 is 1.40 bits per heavy atom. The molecule has 1 aromatic heterocycles. The van der Waals surface area contributed by atoms with E-state index in [9.17, 15) is 0 Å². The molecule has 0 saturated carbocycles. The summed E-state index contributed by atoms with van der Waals surface area (Å²) in [6, 6.07) is 8.29. The van der Waals surface area contributed by atoms with Gasteiger partial charge in [-0.2, -0.15) is 0 Å². The van der Waals surface area contributed by atoms with Crippen molar-refractivity contribution in [2.24, 2.45) is 0 Å². The van der Waals surface area contributed by atoms with Gasteiger partial charge in [-0.3, -0.25) is 0 Å². The topological polar surface area (TPSA) is 39.1 Å². The molecule has 0 spiro atoms. The highest BCUT2D eigenvalue weighted by atomic mass is 16.5. The molecular formula is C16H21N3O. The number of fused-ring (bicyclic) bond motifs is 1. The lowest BCUT2D eigenvalue weighted by Gasteiger charge is -2.19. The maximum Gasteiger partial charge on any atom is 0.110 e. The predicted octanol–water partition coefficient (Wildman–Crippen LogP) is 2.63. The lowest BCUT2D eigenvalue weighted by Crippen LogP contribution is -2.31. The van der Waals surface area contributed by atoms with E-state index in [4.69, 9.17) is 4.74 Å². The van der Waals surface area contributed by atoms with Crippen molar-refractivity contribution in [3.05, 3.63) is 42.4 Å². The maximum atomic E-state index is 5.55. The van der Waals surface area contributed by atoms with E-state index >= 15 is 0 Å². The summed E-state index contributed by atoms with van der Waals surface area (Å²) in [6.45, 7) is 4.85. The van der Waals surface area contributed by atoms with Crippen molar-refractivity contribution in [1.29, 1.82) is 0 Å². The van der Waals surface area contributed by atoms with Gasteiger partial charge < -0.3 is 14.6 Å². The molecule has 0 radical (unpaired) electrons. The summed E-state index contributed by atoms with van der Waals surface area (Å²) in [6.07, 6.45) is 6.45. The number of imidazole rings is 1.